The first-order valence-corrected chi connectivity index (χ1v) is 6.85. The van der Waals surface area contributed by atoms with Gasteiger partial charge in [-0.15, -0.1) is 0 Å². The second kappa shape index (κ2) is 4.64. The summed E-state index contributed by atoms with van der Waals surface area (Å²) >= 11 is 0. The van der Waals surface area contributed by atoms with Gasteiger partial charge >= 0.3 is 0 Å². The second-order valence-corrected chi connectivity index (χ2v) is 6.85. The van der Waals surface area contributed by atoms with Crippen LogP contribution in [0.3, 0.4) is 0 Å². The van der Waals surface area contributed by atoms with Crippen LogP contribution in [0.2, 0.25) is 0 Å². The van der Waals surface area contributed by atoms with Crippen molar-refractivity contribution < 1.29 is 4.79 Å². The van der Waals surface area contributed by atoms with Crippen LogP contribution in [0.1, 0.15) is 33.3 Å². The summed E-state index contributed by atoms with van der Waals surface area (Å²) < 4.78 is 0. The van der Waals surface area contributed by atoms with Gasteiger partial charge in [0.1, 0.15) is 0 Å². The first-order chi connectivity index (χ1) is 8.71. The van der Waals surface area contributed by atoms with Gasteiger partial charge in [0.05, 0.1) is 5.41 Å². The summed E-state index contributed by atoms with van der Waals surface area (Å²) in [6.45, 7) is 11.8. The van der Waals surface area contributed by atoms with Gasteiger partial charge in [-0.05, 0) is 46.8 Å². The van der Waals surface area contributed by atoms with Crippen LogP contribution in [0.15, 0.2) is 24.3 Å². The fourth-order valence-electron chi connectivity index (χ4n) is 2.36. The number of carbonyl (C=O) groups excluding carboxylic acids is 1. The highest BCUT2D eigenvalue weighted by atomic mass is 16.2. The van der Waals surface area contributed by atoms with Crippen LogP contribution in [-0.4, -0.2) is 24.5 Å². The average molecular weight is 260 g/mol. The molecular formula is C16H24N2O. The van der Waals surface area contributed by atoms with E-state index in [0.717, 1.165) is 5.69 Å². The molecule has 0 spiro atoms. The van der Waals surface area contributed by atoms with E-state index in [-0.39, 0.29) is 16.9 Å². The molecular weight excluding hydrogens is 236 g/mol. The number of amides is 1. The Bertz CT molecular complexity index is 474. The summed E-state index contributed by atoms with van der Waals surface area (Å²) in [5, 5.41) is 3.49. The molecule has 2 rings (SSSR count). The Morgan fingerprint density at radius 1 is 1.11 bits per heavy atom. The quantitative estimate of drug-likeness (QED) is 0.842. The molecule has 1 aromatic rings. The lowest BCUT2D eigenvalue weighted by atomic mass is 9.91. The third kappa shape index (κ3) is 2.98. The van der Waals surface area contributed by atoms with Crippen LogP contribution < -0.4 is 10.2 Å². The van der Waals surface area contributed by atoms with E-state index in [4.69, 9.17) is 0 Å². The second-order valence-electron chi connectivity index (χ2n) is 6.85. The SMILES string of the molecule is Cc1ccc(N2CC(C)(C)NCC(C)(C)C2=O)cc1. The minimum absolute atomic E-state index is 0.0751. The number of benzene rings is 1. The van der Waals surface area contributed by atoms with E-state index >= 15 is 0 Å². The van der Waals surface area contributed by atoms with Crippen molar-refractivity contribution in [1.82, 2.24) is 5.32 Å². The summed E-state index contributed by atoms with van der Waals surface area (Å²) in [6, 6.07) is 8.18. The number of anilines is 1. The fraction of sp³-hybridized carbons (Fsp3) is 0.562. The van der Waals surface area contributed by atoms with Gasteiger partial charge in [0.15, 0.2) is 0 Å². The summed E-state index contributed by atoms with van der Waals surface area (Å²) in [7, 11) is 0. The van der Waals surface area contributed by atoms with Crippen molar-refractivity contribution in [2.24, 2.45) is 5.41 Å². The number of nitrogens with one attached hydrogen (secondary N) is 1. The molecule has 0 bridgehead atoms. The van der Waals surface area contributed by atoms with Crippen molar-refractivity contribution in [3.8, 4) is 0 Å². The Hall–Kier alpha value is -1.35. The summed E-state index contributed by atoms with van der Waals surface area (Å²) in [5.41, 5.74) is 1.75. The Morgan fingerprint density at radius 2 is 1.68 bits per heavy atom. The number of hydrogen-bond donors (Lipinski definition) is 1. The van der Waals surface area contributed by atoms with Crippen LogP contribution >= 0.6 is 0 Å². The zero-order chi connectivity index (χ0) is 14.3. The highest BCUT2D eigenvalue weighted by molar-refractivity contribution is 5.97. The van der Waals surface area contributed by atoms with Crippen molar-refractivity contribution in [3.05, 3.63) is 29.8 Å². The zero-order valence-corrected chi connectivity index (χ0v) is 12.6. The number of nitrogens with zero attached hydrogens (tertiary/aromatic N) is 1. The van der Waals surface area contributed by atoms with Crippen molar-refractivity contribution in [2.45, 2.75) is 40.2 Å². The maximum atomic E-state index is 12.7. The molecule has 104 valence electrons. The van der Waals surface area contributed by atoms with Crippen LogP contribution in [0, 0.1) is 12.3 Å². The van der Waals surface area contributed by atoms with E-state index in [0.29, 0.717) is 13.1 Å². The van der Waals surface area contributed by atoms with Gasteiger partial charge in [-0.25, -0.2) is 0 Å². The van der Waals surface area contributed by atoms with E-state index in [9.17, 15) is 4.79 Å². The van der Waals surface area contributed by atoms with Crippen molar-refractivity contribution >= 4 is 11.6 Å². The molecule has 1 amide bonds. The normalized spacial score (nSPS) is 22.2. The zero-order valence-electron chi connectivity index (χ0n) is 12.6. The average Bonchev–Trinajstić information content (AvgIpc) is 2.41. The monoisotopic (exact) mass is 260 g/mol. The molecule has 3 nitrogen and oxygen atoms in total. The van der Waals surface area contributed by atoms with Crippen molar-refractivity contribution in [2.75, 3.05) is 18.0 Å². The Labute approximate surface area is 116 Å². The van der Waals surface area contributed by atoms with Crippen molar-refractivity contribution in [3.63, 3.8) is 0 Å². The molecule has 3 heteroatoms. The van der Waals surface area contributed by atoms with Gasteiger partial charge in [-0.2, -0.15) is 0 Å². The number of hydrogen-bond acceptors (Lipinski definition) is 2. The van der Waals surface area contributed by atoms with E-state index in [2.05, 4.69) is 38.2 Å². The third-order valence-electron chi connectivity index (χ3n) is 3.73. The van der Waals surface area contributed by atoms with Gasteiger partial charge in [0, 0.05) is 24.3 Å². The van der Waals surface area contributed by atoms with Gasteiger partial charge in [0.25, 0.3) is 0 Å². The fourth-order valence-corrected chi connectivity index (χ4v) is 2.36. The van der Waals surface area contributed by atoms with Gasteiger partial charge in [-0.1, -0.05) is 17.7 Å². The lowest BCUT2D eigenvalue weighted by Crippen LogP contribution is -2.47. The van der Waals surface area contributed by atoms with Gasteiger partial charge in [0.2, 0.25) is 5.91 Å². The van der Waals surface area contributed by atoms with Crippen molar-refractivity contribution in [1.29, 1.82) is 0 Å². The molecule has 1 N–H and O–H groups in total. The number of carbonyl (C=O) groups is 1. The summed E-state index contributed by atoms with van der Waals surface area (Å²) in [4.78, 5) is 14.6. The largest absolute Gasteiger partial charge is 0.310 e. The van der Waals surface area contributed by atoms with Crippen LogP contribution in [0.25, 0.3) is 0 Å². The molecule has 0 saturated carbocycles. The number of aryl methyl sites for hydroxylation is 1. The molecule has 1 aliphatic rings. The van der Waals surface area contributed by atoms with Gasteiger partial charge in [-0.3, -0.25) is 4.79 Å². The molecule has 19 heavy (non-hydrogen) atoms. The van der Waals surface area contributed by atoms with E-state index in [1.165, 1.54) is 5.56 Å². The lowest BCUT2D eigenvalue weighted by Gasteiger charge is -2.31. The van der Waals surface area contributed by atoms with Crippen LogP contribution in [-0.2, 0) is 4.79 Å². The smallest absolute Gasteiger partial charge is 0.233 e. The molecule has 1 aromatic carbocycles. The lowest BCUT2D eigenvalue weighted by molar-refractivity contribution is -0.125. The Balaban J connectivity index is 2.39. The minimum atomic E-state index is -0.376. The Kier molecular flexibility index (Phi) is 3.43. The molecule has 1 fully saturated rings. The third-order valence-corrected chi connectivity index (χ3v) is 3.73. The molecule has 0 aromatic heterocycles. The molecule has 0 aliphatic carbocycles. The molecule has 0 unspecified atom stereocenters. The molecule has 1 aliphatic heterocycles. The molecule has 1 heterocycles. The van der Waals surface area contributed by atoms with Crippen LogP contribution in [0.4, 0.5) is 5.69 Å². The van der Waals surface area contributed by atoms with Crippen LogP contribution in [0.5, 0.6) is 0 Å². The standard InChI is InChI=1S/C16H24N2O/c1-12-6-8-13(9-7-12)18-11-16(4,5)17-10-15(2,3)14(18)19/h6-9,17H,10-11H2,1-5H3. The first-order valence-electron chi connectivity index (χ1n) is 6.85. The predicted molar refractivity (Wildman–Crippen MR) is 79.4 cm³/mol. The Morgan fingerprint density at radius 3 is 2.26 bits per heavy atom. The van der Waals surface area contributed by atoms with Gasteiger partial charge < -0.3 is 10.2 Å². The maximum Gasteiger partial charge on any atom is 0.233 e. The first kappa shape index (κ1) is 14.1. The number of rotatable bonds is 1. The molecule has 1 saturated heterocycles. The molecule has 0 radical (unpaired) electrons. The van der Waals surface area contributed by atoms with E-state index in [1.54, 1.807) is 0 Å². The van der Waals surface area contributed by atoms with E-state index < -0.39 is 0 Å². The van der Waals surface area contributed by atoms with E-state index in [1.807, 2.05) is 30.9 Å². The highest BCUT2D eigenvalue weighted by Crippen LogP contribution is 2.28. The maximum absolute atomic E-state index is 12.7. The summed E-state index contributed by atoms with van der Waals surface area (Å²) in [6.07, 6.45) is 0. The molecule has 0 atom stereocenters. The minimum Gasteiger partial charge on any atom is -0.310 e. The predicted octanol–water partition coefficient (Wildman–Crippen LogP) is 2.74. The highest BCUT2D eigenvalue weighted by Gasteiger charge is 2.39. The topological polar surface area (TPSA) is 32.3 Å². The summed E-state index contributed by atoms with van der Waals surface area (Å²) in [5.74, 6) is 0.189.